The van der Waals surface area contributed by atoms with Gasteiger partial charge < -0.3 is 9.64 Å². The van der Waals surface area contributed by atoms with E-state index in [-0.39, 0.29) is 4.90 Å². The number of ether oxygens (including phenoxy) is 1. The Hall–Kier alpha value is -2.56. The van der Waals surface area contributed by atoms with E-state index >= 15 is 0 Å². The smallest absolute Gasteiger partial charge is 0.238 e. The molecule has 0 radical (unpaired) electrons. The summed E-state index contributed by atoms with van der Waals surface area (Å²) in [5, 5.41) is 14.3. The first-order chi connectivity index (χ1) is 11.5. The number of benzene rings is 2. The summed E-state index contributed by atoms with van der Waals surface area (Å²) in [5.41, 5.74) is 2.47. The maximum absolute atomic E-state index is 11.5. The van der Waals surface area contributed by atoms with Gasteiger partial charge in [-0.3, -0.25) is 0 Å². The van der Waals surface area contributed by atoms with Gasteiger partial charge in [-0.15, -0.1) is 0 Å². The molecule has 0 amide bonds. The van der Waals surface area contributed by atoms with E-state index in [1.54, 1.807) is 30.3 Å². The Morgan fingerprint density at radius 1 is 1.25 bits per heavy atom. The first-order valence-electron chi connectivity index (χ1n) is 7.51. The summed E-state index contributed by atoms with van der Waals surface area (Å²) in [6, 6.07) is 14.1. The number of hydrogen-bond donors (Lipinski definition) is 1. The van der Waals surface area contributed by atoms with Gasteiger partial charge in [0.15, 0.2) is 0 Å². The second kappa shape index (κ2) is 6.51. The standard InChI is InChI=1S/C17H17N3O3S/c18-12-14-3-1-2-4-17(14)23-10-9-20-8-7-13-5-6-15(11-16(13)20)24(19,21)22/h1-6,11H,7-10H2,(H2,19,21,22). The van der Waals surface area contributed by atoms with E-state index in [0.29, 0.717) is 24.5 Å². The first kappa shape index (κ1) is 16.3. The number of hydrogen-bond acceptors (Lipinski definition) is 5. The van der Waals surface area contributed by atoms with E-state index in [1.807, 2.05) is 6.07 Å². The van der Waals surface area contributed by atoms with Gasteiger partial charge in [-0.2, -0.15) is 5.26 Å². The third kappa shape index (κ3) is 3.35. The van der Waals surface area contributed by atoms with Crippen LogP contribution in [0.4, 0.5) is 5.69 Å². The Morgan fingerprint density at radius 2 is 2.04 bits per heavy atom. The van der Waals surface area contributed by atoms with Crippen LogP contribution >= 0.6 is 0 Å². The lowest BCUT2D eigenvalue weighted by Crippen LogP contribution is -2.26. The SMILES string of the molecule is N#Cc1ccccc1OCCN1CCc2ccc(S(N)(=O)=O)cc21. The lowest BCUT2D eigenvalue weighted by atomic mass is 10.2. The molecule has 124 valence electrons. The molecule has 1 aliphatic heterocycles. The molecule has 0 aromatic heterocycles. The largest absolute Gasteiger partial charge is 0.490 e. The lowest BCUT2D eigenvalue weighted by molar-refractivity contribution is 0.323. The number of fused-ring (bicyclic) bond motifs is 1. The van der Waals surface area contributed by atoms with Gasteiger partial charge in [-0.1, -0.05) is 18.2 Å². The fourth-order valence-electron chi connectivity index (χ4n) is 2.79. The summed E-state index contributed by atoms with van der Waals surface area (Å²) < 4.78 is 28.7. The third-order valence-corrected chi connectivity index (χ3v) is 4.91. The van der Waals surface area contributed by atoms with Crippen LogP contribution in [0.3, 0.4) is 0 Å². The van der Waals surface area contributed by atoms with Crippen molar-refractivity contribution >= 4 is 15.7 Å². The molecule has 0 fully saturated rings. The highest BCUT2D eigenvalue weighted by Gasteiger charge is 2.21. The average Bonchev–Trinajstić information content (AvgIpc) is 2.97. The summed E-state index contributed by atoms with van der Waals surface area (Å²) in [4.78, 5) is 2.18. The van der Waals surface area contributed by atoms with E-state index in [4.69, 9.17) is 15.1 Å². The number of nitrogens with zero attached hydrogens (tertiary/aromatic N) is 2. The van der Waals surface area contributed by atoms with Gasteiger partial charge in [0.05, 0.1) is 17.0 Å². The molecule has 2 N–H and O–H groups in total. The van der Waals surface area contributed by atoms with E-state index < -0.39 is 10.0 Å². The van der Waals surface area contributed by atoms with E-state index in [0.717, 1.165) is 24.2 Å². The number of sulfonamides is 1. The van der Waals surface area contributed by atoms with Crippen LogP contribution in [0.1, 0.15) is 11.1 Å². The van der Waals surface area contributed by atoms with Gasteiger partial charge in [0, 0.05) is 12.2 Å². The molecule has 6 nitrogen and oxygen atoms in total. The molecule has 0 spiro atoms. The summed E-state index contributed by atoms with van der Waals surface area (Å²) in [6.45, 7) is 1.80. The van der Waals surface area contributed by atoms with Crippen LogP contribution in [-0.4, -0.2) is 28.1 Å². The van der Waals surface area contributed by atoms with Gasteiger partial charge >= 0.3 is 0 Å². The van der Waals surface area contributed by atoms with E-state index in [2.05, 4.69) is 11.0 Å². The highest BCUT2D eigenvalue weighted by molar-refractivity contribution is 7.89. The monoisotopic (exact) mass is 343 g/mol. The first-order valence-corrected chi connectivity index (χ1v) is 9.06. The summed E-state index contributed by atoms with van der Waals surface area (Å²) >= 11 is 0. The van der Waals surface area contributed by atoms with Crippen molar-refractivity contribution < 1.29 is 13.2 Å². The summed E-state index contributed by atoms with van der Waals surface area (Å²) in [6.07, 6.45) is 0.856. The molecule has 0 saturated heterocycles. The van der Waals surface area contributed by atoms with Gasteiger partial charge in [-0.05, 0) is 36.2 Å². The number of primary sulfonamides is 1. The van der Waals surface area contributed by atoms with Gasteiger partial charge in [0.1, 0.15) is 18.4 Å². The van der Waals surface area contributed by atoms with Gasteiger partial charge in [0.25, 0.3) is 0 Å². The molecule has 24 heavy (non-hydrogen) atoms. The average molecular weight is 343 g/mol. The molecular formula is C17H17N3O3S. The second-order valence-electron chi connectivity index (χ2n) is 5.53. The Bertz CT molecular complexity index is 904. The minimum Gasteiger partial charge on any atom is -0.490 e. The van der Waals surface area contributed by atoms with Crippen LogP contribution in [-0.2, 0) is 16.4 Å². The Balaban J connectivity index is 1.70. The molecule has 0 aliphatic carbocycles. The predicted molar refractivity (Wildman–Crippen MR) is 90.4 cm³/mol. The van der Waals surface area contributed by atoms with Crippen molar-refractivity contribution in [3.8, 4) is 11.8 Å². The fraction of sp³-hybridized carbons (Fsp3) is 0.235. The van der Waals surface area contributed by atoms with Crippen molar-refractivity contribution in [1.82, 2.24) is 0 Å². The highest BCUT2D eigenvalue weighted by Crippen LogP contribution is 2.30. The number of nitrogens with two attached hydrogens (primary N) is 1. The molecule has 7 heteroatoms. The summed E-state index contributed by atoms with van der Waals surface area (Å²) in [5.74, 6) is 0.553. The Labute approximate surface area is 141 Å². The molecule has 0 saturated carbocycles. The summed E-state index contributed by atoms with van der Waals surface area (Å²) in [7, 11) is -3.71. The fourth-order valence-corrected chi connectivity index (χ4v) is 3.32. The number of rotatable bonds is 5. The van der Waals surface area contributed by atoms with Crippen LogP contribution in [0.25, 0.3) is 0 Å². The molecule has 0 atom stereocenters. The molecular weight excluding hydrogens is 326 g/mol. The van der Waals surface area contributed by atoms with Crippen molar-refractivity contribution in [2.24, 2.45) is 5.14 Å². The normalized spacial score (nSPS) is 13.4. The molecule has 1 aliphatic rings. The number of para-hydroxylation sites is 1. The molecule has 3 rings (SSSR count). The van der Waals surface area contributed by atoms with Gasteiger partial charge in [-0.25, -0.2) is 13.6 Å². The Kier molecular flexibility index (Phi) is 4.42. The Morgan fingerprint density at radius 3 is 2.79 bits per heavy atom. The van der Waals surface area contributed by atoms with Crippen LogP contribution in [0.15, 0.2) is 47.4 Å². The highest BCUT2D eigenvalue weighted by atomic mass is 32.2. The van der Waals surface area contributed by atoms with Crippen molar-refractivity contribution in [2.75, 3.05) is 24.6 Å². The molecule has 2 aromatic rings. The molecule has 0 unspecified atom stereocenters. The maximum Gasteiger partial charge on any atom is 0.238 e. The van der Waals surface area contributed by atoms with Crippen LogP contribution in [0, 0.1) is 11.3 Å². The van der Waals surface area contributed by atoms with E-state index in [1.165, 1.54) is 6.07 Å². The molecule has 0 bridgehead atoms. The van der Waals surface area contributed by atoms with Crippen LogP contribution in [0.2, 0.25) is 0 Å². The molecule has 1 heterocycles. The molecule has 2 aromatic carbocycles. The zero-order chi connectivity index (χ0) is 17.2. The zero-order valence-corrected chi connectivity index (χ0v) is 13.8. The van der Waals surface area contributed by atoms with E-state index in [9.17, 15) is 8.42 Å². The minimum absolute atomic E-state index is 0.115. The topological polar surface area (TPSA) is 96.4 Å². The van der Waals surface area contributed by atoms with Crippen molar-refractivity contribution in [3.05, 3.63) is 53.6 Å². The quantitative estimate of drug-likeness (QED) is 0.890. The third-order valence-electron chi connectivity index (χ3n) is 4.00. The number of nitriles is 1. The van der Waals surface area contributed by atoms with Crippen molar-refractivity contribution in [1.29, 1.82) is 5.26 Å². The van der Waals surface area contributed by atoms with Crippen LogP contribution < -0.4 is 14.8 Å². The van der Waals surface area contributed by atoms with Crippen molar-refractivity contribution in [2.45, 2.75) is 11.3 Å². The lowest BCUT2D eigenvalue weighted by Gasteiger charge is -2.20. The van der Waals surface area contributed by atoms with Gasteiger partial charge in [0.2, 0.25) is 10.0 Å². The maximum atomic E-state index is 11.5. The number of anilines is 1. The van der Waals surface area contributed by atoms with Crippen LogP contribution in [0.5, 0.6) is 5.75 Å². The predicted octanol–water partition coefficient (Wildman–Crippen LogP) is 1.65. The zero-order valence-electron chi connectivity index (χ0n) is 13.0. The van der Waals surface area contributed by atoms with Crippen molar-refractivity contribution in [3.63, 3.8) is 0 Å². The minimum atomic E-state index is -3.71. The second-order valence-corrected chi connectivity index (χ2v) is 7.09.